The van der Waals surface area contributed by atoms with Gasteiger partial charge in [-0.05, 0) is 27.7 Å². The Bertz CT molecular complexity index is 341. The molecule has 3 aliphatic heterocycles. The summed E-state index contributed by atoms with van der Waals surface area (Å²) >= 11 is 0. The quantitative estimate of drug-likeness (QED) is 0.735. The van der Waals surface area contributed by atoms with Crippen LogP contribution in [0.25, 0.3) is 0 Å². The lowest BCUT2D eigenvalue weighted by Crippen LogP contribution is -2.42. The van der Waals surface area contributed by atoms with Gasteiger partial charge in [0.25, 0.3) is 0 Å². The first-order valence-corrected chi connectivity index (χ1v) is 6.28. The zero-order valence-electron chi connectivity index (χ0n) is 11.1. The third kappa shape index (κ3) is 2.07. The molecule has 3 aliphatic rings. The molecule has 6 heteroatoms. The molecule has 5 atom stereocenters. The lowest BCUT2D eigenvalue weighted by molar-refractivity contribution is -0.232. The fraction of sp³-hybridized carbons (Fsp3) is 1.00. The molecule has 6 nitrogen and oxygen atoms in total. The Morgan fingerprint density at radius 2 is 1.67 bits per heavy atom. The third-order valence-corrected chi connectivity index (χ3v) is 3.45. The second-order valence-electron chi connectivity index (χ2n) is 5.93. The second kappa shape index (κ2) is 3.88. The van der Waals surface area contributed by atoms with Crippen LogP contribution < -0.4 is 0 Å². The van der Waals surface area contributed by atoms with E-state index in [-0.39, 0.29) is 6.10 Å². The highest BCUT2D eigenvalue weighted by atomic mass is 16.8. The molecular formula is C12H20O6. The summed E-state index contributed by atoms with van der Waals surface area (Å²) in [6.45, 7) is 7.68. The third-order valence-electron chi connectivity index (χ3n) is 3.45. The first-order chi connectivity index (χ1) is 8.27. The van der Waals surface area contributed by atoms with Gasteiger partial charge in [0.15, 0.2) is 17.9 Å². The van der Waals surface area contributed by atoms with E-state index in [0.717, 1.165) is 0 Å². The predicted octanol–water partition coefficient (Wildman–Crippen LogP) is 0.375. The minimum absolute atomic E-state index is 0.295. The fourth-order valence-corrected chi connectivity index (χ4v) is 2.70. The van der Waals surface area contributed by atoms with Gasteiger partial charge in [-0.2, -0.15) is 0 Å². The molecule has 0 radical (unpaired) electrons. The van der Waals surface area contributed by atoms with Crippen LogP contribution in [0.5, 0.6) is 0 Å². The van der Waals surface area contributed by atoms with Crippen molar-refractivity contribution in [2.45, 2.75) is 70.0 Å². The molecule has 0 amide bonds. The Balaban J connectivity index is 1.68. The van der Waals surface area contributed by atoms with E-state index in [9.17, 15) is 5.11 Å². The molecular weight excluding hydrogens is 240 g/mol. The monoisotopic (exact) mass is 260 g/mol. The van der Waals surface area contributed by atoms with Crippen molar-refractivity contribution >= 4 is 0 Å². The Kier molecular flexibility index (Phi) is 2.75. The van der Waals surface area contributed by atoms with Crippen LogP contribution in [-0.2, 0) is 23.7 Å². The van der Waals surface area contributed by atoms with Crippen LogP contribution >= 0.6 is 0 Å². The number of hydrogen-bond donors (Lipinski definition) is 1. The van der Waals surface area contributed by atoms with Crippen LogP contribution in [0.2, 0.25) is 0 Å². The molecule has 1 N–H and O–H groups in total. The van der Waals surface area contributed by atoms with Crippen molar-refractivity contribution in [2.24, 2.45) is 0 Å². The van der Waals surface area contributed by atoms with Gasteiger partial charge >= 0.3 is 0 Å². The average molecular weight is 260 g/mol. The smallest absolute Gasteiger partial charge is 0.190 e. The van der Waals surface area contributed by atoms with Crippen LogP contribution in [0, 0.1) is 0 Å². The maximum atomic E-state index is 10.3. The standard InChI is InChI=1S/C12H20O6/c1-11(2)14-5-6(16-11)8-7(13)9-10(15-8)18-12(3,4)17-9/h6-10,13H,5H2,1-4H3/t6-,7-,8?,9?,10?/m1/s1. The summed E-state index contributed by atoms with van der Waals surface area (Å²) in [6, 6.07) is 0. The highest BCUT2D eigenvalue weighted by Gasteiger charge is 2.57. The van der Waals surface area contributed by atoms with Crippen molar-refractivity contribution in [3.63, 3.8) is 0 Å². The molecule has 3 heterocycles. The van der Waals surface area contributed by atoms with Crippen LogP contribution in [0.3, 0.4) is 0 Å². The molecule has 104 valence electrons. The van der Waals surface area contributed by atoms with Crippen LogP contribution in [-0.4, -0.2) is 54.0 Å². The average Bonchev–Trinajstić information content (AvgIpc) is 2.81. The van der Waals surface area contributed by atoms with E-state index in [4.69, 9.17) is 23.7 Å². The summed E-state index contributed by atoms with van der Waals surface area (Å²) in [4.78, 5) is 0. The van der Waals surface area contributed by atoms with Gasteiger partial charge in [0, 0.05) is 0 Å². The van der Waals surface area contributed by atoms with E-state index in [1.165, 1.54) is 0 Å². The van der Waals surface area contributed by atoms with Gasteiger partial charge in [-0.25, -0.2) is 0 Å². The van der Waals surface area contributed by atoms with Crippen molar-refractivity contribution in [1.29, 1.82) is 0 Å². The predicted molar refractivity (Wildman–Crippen MR) is 59.6 cm³/mol. The Labute approximate surface area is 106 Å². The number of fused-ring (bicyclic) bond motifs is 1. The van der Waals surface area contributed by atoms with Gasteiger partial charge in [-0.1, -0.05) is 0 Å². The van der Waals surface area contributed by atoms with Gasteiger partial charge in [-0.15, -0.1) is 0 Å². The summed E-state index contributed by atoms with van der Waals surface area (Å²) in [6.07, 6.45) is -2.53. The Hall–Kier alpha value is -0.240. The molecule has 3 fully saturated rings. The summed E-state index contributed by atoms with van der Waals surface area (Å²) in [5.74, 6) is -1.35. The van der Waals surface area contributed by atoms with Gasteiger partial charge in [0.05, 0.1) is 6.61 Å². The van der Waals surface area contributed by atoms with Crippen LogP contribution in [0.15, 0.2) is 0 Å². The van der Waals surface area contributed by atoms with Crippen molar-refractivity contribution in [3.05, 3.63) is 0 Å². The highest BCUT2D eigenvalue weighted by molar-refractivity contribution is 4.97. The number of hydrogen-bond acceptors (Lipinski definition) is 6. The largest absolute Gasteiger partial charge is 0.387 e. The van der Waals surface area contributed by atoms with Gasteiger partial charge in [0.1, 0.15) is 24.4 Å². The molecule has 0 aromatic carbocycles. The maximum Gasteiger partial charge on any atom is 0.190 e. The zero-order chi connectivity index (χ0) is 13.1. The molecule has 3 unspecified atom stereocenters. The SMILES string of the molecule is CC1(C)OC2OC([C@H]3COC(C)(C)O3)[C@@H](O)C2O1. The molecule has 0 aromatic rings. The topological polar surface area (TPSA) is 66.4 Å². The summed E-state index contributed by atoms with van der Waals surface area (Å²) in [5.41, 5.74) is 0. The first kappa shape index (κ1) is 12.8. The zero-order valence-corrected chi connectivity index (χ0v) is 11.1. The molecule has 3 saturated heterocycles. The summed E-state index contributed by atoms with van der Waals surface area (Å²) in [7, 11) is 0. The van der Waals surface area contributed by atoms with E-state index >= 15 is 0 Å². The highest BCUT2D eigenvalue weighted by Crippen LogP contribution is 2.40. The fourth-order valence-electron chi connectivity index (χ4n) is 2.70. The summed E-state index contributed by atoms with van der Waals surface area (Å²) < 4.78 is 28.1. The maximum absolute atomic E-state index is 10.3. The normalized spacial score (nSPS) is 49.5. The molecule has 18 heavy (non-hydrogen) atoms. The molecule has 0 spiro atoms. The number of rotatable bonds is 1. The van der Waals surface area contributed by atoms with Crippen molar-refractivity contribution in [1.82, 2.24) is 0 Å². The Morgan fingerprint density at radius 1 is 0.944 bits per heavy atom. The molecule has 0 bridgehead atoms. The number of ether oxygens (including phenoxy) is 5. The molecule has 0 saturated carbocycles. The van der Waals surface area contributed by atoms with E-state index in [2.05, 4.69) is 0 Å². The van der Waals surface area contributed by atoms with Gasteiger partial charge < -0.3 is 28.8 Å². The second-order valence-corrected chi connectivity index (χ2v) is 5.93. The Morgan fingerprint density at radius 3 is 2.22 bits per heavy atom. The minimum Gasteiger partial charge on any atom is -0.387 e. The van der Waals surface area contributed by atoms with Crippen molar-refractivity contribution in [3.8, 4) is 0 Å². The number of aliphatic hydroxyl groups is 1. The van der Waals surface area contributed by atoms with Crippen LogP contribution in [0.1, 0.15) is 27.7 Å². The molecule has 0 aromatic heterocycles. The van der Waals surface area contributed by atoms with E-state index in [1.54, 1.807) is 13.8 Å². The van der Waals surface area contributed by atoms with Crippen molar-refractivity contribution in [2.75, 3.05) is 6.61 Å². The van der Waals surface area contributed by atoms with Gasteiger partial charge in [0.2, 0.25) is 0 Å². The molecule has 3 rings (SSSR count). The molecule has 0 aliphatic carbocycles. The van der Waals surface area contributed by atoms with E-state index in [1.807, 2.05) is 13.8 Å². The lowest BCUT2D eigenvalue weighted by Gasteiger charge is -2.26. The number of aliphatic hydroxyl groups excluding tert-OH is 1. The first-order valence-electron chi connectivity index (χ1n) is 6.28. The van der Waals surface area contributed by atoms with Crippen LogP contribution in [0.4, 0.5) is 0 Å². The summed E-state index contributed by atoms with van der Waals surface area (Å²) in [5, 5.41) is 10.3. The van der Waals surface area contributed by atoms with E-state index in [0.29, 0.717) is 6.61 Å². The minimum atomic E-state index is -0.765. The van der Waals surface area contributed by atoms with E-state index < -0.39 is 36.2 Å². The van der Waals surface area contributed by atoms with Gasteiger partial charge in [-0.3, -0.25) is 0 Å². The lowest BCUT2D eigenvalue weighted by atomic mass is 10.1. The van der Waals surface area contributed by atoms with Crippen molar-refractivity contribution < 1.29 is 28.8 Å².